The SMILES string of the molecule is O=C(CCN1C(=O)c2ccccc2N2C(=O)c3ccccc3[C@H]12)NCCc1c[nH]c2ccccc12. The fourth-order valence-corrected chi connectivity index (χ4v) is 5.18. The molecule has 0 spiro atoms. The molecule has 3 heterocycles. The van der Waals surface area contributed by atoms with Crippen molar-refractivity contribution < 1.29 is 14.4 Å². The highest BCUT2D eigenvalue weighted by atomic mass is 16.2. The van der Waals surface area contributed by atoms with E-state index in [1.807, 2.05) is 48.7 Å². The van der Waals surface area contributed by atoms with Crippen molar-refractivity contribution in [2.75, 3.05) is 18.0 Å². The molecule has 0 radical (unpaired) electrons. The molecule has 0 saturated carbocycles. The van der Waals surface area contributed by atoms with Gasteiger partial charge in [-0.2, -0.15) is 0 Å². The van der Waals surface area contributed by atoms with Gasteiger partial charge in [-0.1, -0.05) is 48.5 Å². The lowest BCUT2D eigenvalue weighted by molar-refractivity contribution is -0.121. The topological polar surface area (TPSA) is 85.5 Å². The number of nitrogens with one attached hydrogen (secondary N) is 2. The smallest absolute Gasteiger partial charge is 0.260 e. The van der Waals surface area contributed by atoms with Gasteiger partial charge in [-0.05, 0) is 36.2 Å². The van der Waals surface area contributed by atoms with Gasteiger partial charge in [0.1, 0.15) is 6.17 Å². The summed E-state index contributed by atoms with van der Waals surface area (Å²) in [5, 5.41) is 4.13. The molecule has 3 aromatic carbocycles. The standard InChI is InChI=1S/C28H24N4O3/c33-25(29-15-13-18-17-30-23-11-5-3-7-19(18)23)14-16-31-26-20-8-1-2-9-21(20)28(35)32(26)24-12-6-4-10-22(24)27(31)34/h1-12,17,26,30H,13-16H2,(H,29,33)/t26-/m1/s1. The van der Waals surface area contributed by atoms with Gasteiger partial charge in [0, 0.05) is 47.7 Å². The highest BCUT2D eigenvalue weighted by Crippen LogP contribution is 2.45. The molecule has 3 amide bonds. The number of para-hydroxylation sites is 2. The van der Waals surface area contributed by atoms with Gasteiger partial charge in [0.05, 0.1) is 11.3 Å². The molecule has 0 aliphatic carbocycles. The number of amides is 3. The number of aromatic nitrogens is 1. The number of hydrogen-bond acceptors (Lipinski definition) is 3. The Kier molecular flexibility index (Phi) is 5.10. The van der Waals surface area contributed by atoms with Crippen molar-refractivity contribution in [3.8, 4) is 0 Å². The van der Waals surface area contributed by atoms with Gasteiger partial charge < -0.3 is 15.2 Å². The number of carbonyl (C=O) groups is 3. The molecule has 7 nitrogen and oxygen atoms in total. The molecule has 2 aliphatic heterocycles. The van der Waals surface area contributed by atoms with Crippen LogP contribution in [0.4, 0.5) is 5.69 Å². The van der Waals surface area contributed by atoms with Crippen LogP contribution < -0.4 is 10.2 Å². The van der Waals surface area contributed by atoms with Crippen molar-refractivity contribution in [2.45, 2.75) is 19.0 Å². The quantitative estimate of drug-likeness (QED) is 0.452. The molecule has 2 aliphatic rings. The van der Waals surface area contributed by atoms with Gasteiger partial charge in [-0.25, -0.2) is 0 Å². The Morgan fingerprint density at radius 1 is 0.886 bits per heavy atom. The van der Waals surface area contributed by atoms with Crippen molar-refractivity contribution in [1.82, 2.24) is 15.2 Å². The zero-order chi connectivity index (χ0) is 23.9. The number of hydrogen-bond donors (Lipinski definition) is 2. The first kappa shape index (κ1) is 21.2. The zero-order valence-electron chi connectivity index (χ0n) is 19.0. The van der Waals surface area contributed by atoms with E-state index in [4.69, 9.17) is 0 Å². The summed E-state index contributed by atoms with van der Waals surface area (Å²) in [5.41, 5.74) is 4.71. The van der Waals surface area contributed by atoms with E-state index in [9.17, 15) is 14.4 Å². The van der Waals surface area contributed by atoms with E-state index in [1.165, 1.54) is 0 Å². The van der Waals surface area contributed by atoms with Crippen LogP contribution in [0.3, 0.4) is 0 Å². The normalized spacial score (nSPS) is 16.3. The minimum atomic E-state index is -0.542. The van der Waals surface area contributed by atoms with Crippen LogP contribution >= 0.6 is 0 Å². The number of carbonyl (C=O) groups excluding carboxylic acids is 3. The third-order valence-corrected chi connectivity index (χ3v) is 6.85. The van der Waals surface area contributed by atoms with Gasteiger partial charge in [0.15, 0.2) is 0 Å². The molecule has 1 aromatic heterocycles. The van der Waals surface area contributed by atoms with Crippen LogP contribution in [0.1, 0.15) is 44.4 Å². The Bertz CT molecular complexity index is 1470. The van der Waals surface area contributed by atoms with Crippen LogP contribution in [-0.4, -0.2) is 40.7 Å². The van der Waals surface area contributed by atoms with Crippen LogP contribution in [0.25, 0.3) is 10.9 Å². The fraction of sp³-hybridized carbons (Fsp3) is 0.179. The van der Waals surface area contributed by atoms with E-state index in [-0.39, 0.29) is 30.7 Å². The van der Waals surface area contributed by atoms with Crippen molar-refractivity contribution in [2.24, 2.45) is 0 Å². The maximum Gasteiger partial charge on any atom is 0.260 e. The van der Waals surface area contributed by atoms with Crippen LogP contribution in [0.15, 0.2) is 79.0 Å². The molecule has 0 saturated heterocycles. The predicted octanol–water partition coefficient (Wildman–Crippen LogP) is 4.03. The molecular formula is C28H24N4O3. The molecule has 4 aromatic rings. The lowest BCUT2D eigenvalue weighted by Crippen LogP contribution is -2.49. The van der Waals surface area contributed by atoms with Crippen molar-refractivity contribution >= 4 is 34.3 Å². The van der Waals surface area contributed by atoms with E-state index >= 15 is 0 Å². The molecular weight excluding hydrogens is 440 g/mol. The number of nitrogens with zero attached hydrogens (tertiary/aromatic N) is 2. The summed E-state index contributed by atoms with van der Waals surface area (Å²) >= 11 is 0. The third-order valence-electron chi connectivity index (χ3n) is 6.85. The van der Waals surface area contributed by atoms with Crippen LogP contribution in [-0.2, 0) is 11.2 Å². The van der Waals surface area contributed by atoms with E-state index in [1.54, 1.807) is 34.1 Å². The predicted molar refractivity (Wildman–Crippen MR) is 133 cm³/mol. The number of aromatic amines is 1. The second-order valence-electron chi connectivity index (χ2n) is 8.86. The zero-order valence-corrected chi connectivity index (χ0v) is 19.0. The highest BCUT2D eigenvalue weighted by Gasteiger charge is 2.47. The van der Waals surface area contributed by atoms with Crippen LogP contribution in [0, 0.1) is 0 Å². The summed E-state index contributed by atoms with van der Waals surface area (Å²) in [6.07, 6.45) is 2.30. The second kappa shape index (κ2) is 8.43. The first-order chi connectivity index (χ1) is 17.1. The monoisotopic (exact) mass is 464 g/mol. The average Bonchev–Trinajstić information content (AvgIpc) is 3.43. The van der Waals surface area contributed by atoms with Gasteiger partial charge in [-0.15, -0.1) is 0 Å². The molecule has 0 fully saturated rings. The summed E-state index contributed by atoms with van der Waals surface area (Å²) in [5.74, 6) is -0.419. The number of anilines is 1. The molecule has 35 heavy (non-hydrogen) atoms. The fourth-order valence-electron chi connectivity index (χ4n) is 5.18. The van der Waals surface area contributed by atoms with Gasteiger partial charge in [0.25, 0.3) is 11.8 Å². The van der Waals surface area contributed by atoms with Crippen molar-refractivity contribution in [1.29, 1.82) is 0 Å². The molecule has 2 N–H and O–H groups in total. The Hall–Kier alpha value is -4.39. The number of rotatable bonds is 6. The van der Waals surface area contributed by atoms with Crippen molar-refractivity contribution in [3.63, 3.8) is 0 Å². The molecule has 6 rings (SSSR count). The van der Waals surface area contributed by atoms with Crippen LogP contribution in [0.2, 0.25) is 0 Å². The molecule has 174 valence electrons. The lowest BCUT2D eigenvalue weighted by atomic mass is 10.0. The van der Waals surface area contributed by atoms with Gasteiger partial charge >= 0.3 is 0 Å². The Labute approximate surface area is 202 Å². The molecule has 1 atom stereocenters. The molecule has 7 heteroatoms. The highest BCUT2D eigenvalue weighted by molar-refractivity contribution is 6.16. The maximum atomic E-state index is 13.4. The van der Waals surface area contributed by atoms with Gasteiger partial charge in [0.2, 0.25) is 5.91 Å². The Morgan fingerprint density at radius 2 is 1.63 bits per heavy atom. The van der Waals surface area contributed by atoms with Crippen molar-refractivity contribution in [3.05, 3.63) is 101 Å². The summed E-state index contributed by atoms with van der Waals surface area (Å²) in [7, 11) is 0. The Balaban J connectivity index is 1.17. The van der Waals surface area contributed by atoms with Crippen LogP contribution in [0.5, 0.6) is 0 Å². The largest absolute Gasteiger partial charge is 0.361 e. The average molecular weight is 465 g/mol. The second-order valence-corrected chi connectivity index (χ2v) is 8.86. The lowest BCUT2D eigenvalue weighted by Gasteiger charge is -2.40. The van der Waals surface area contributed by atoms with E-state index < -0.39 is 6.17 Å². The first-order valence-corrected chi connectivity index (χ1v) is 11.8. The minimum Gasteiger partial charge on any atom is -0.361 e. The van der Waals surface area contributed by atoms with Gasteiger partial charge in [-0.3, -0.25) is 19.3 Å². The first-order valence-electron chi connectivity index (χ1n) is 11.8. The summed E-state index contributed by atoms with van der Waals surface area (Å²) in [4.78, 5) is 45.9. The number of fused-ring (bicyclic) bond motifs is 6. The van der Waals surface area contributed by atoms with E-state index in [0.717, 1.165) is 22.0 Å². The summed E-state index contributed by atoms with van der Waals surface area (Å²) < 4.78 is 0. The number of benzene rings is 3. The summed E-state index contributed by atoms with van der Waals surface area (Å²) in [6, 6.07) is 22.6. The maximum absolute atomic E-state index is 13.4. The van der Waals surface area contributed by atoms with E-state index in [0.29, 0.717) is 29.8 Å². The van der Waals surface area contributed by atoms with E-state index in [2.05, 4.69) is 16.4 Å². The summed E-state index contributed by atoms with van der Waals surface area (Å²) in [6.45, 7) is 0.725. The number of H-pyrrole nitrogens is 1. The third kappa shape index (κ3) is 3.47. The molecule has 0 bridgehead atoms. The Morgan fingerprint density at radius 3 is 2.51 bits per heavy atom. The molecule has 0 unspecified atom stereocenters. The minimum absolute atomic E-state index is 0.124.